The molecule has 0 spiro atoms. The number of benzene rings is 2. The van der Waals surface area contributed by atoms with Crippen molar-refractivity contribution in [1.29, 1.82) is 0 Å². The number of hydrogen-bond donors (Lipinski definition) is 1. The third-order valence-electron chi connectivity index (χ3n) is 7.55. The Kier molecular flexibility index (Phi) is 8.73. The molecule has 1 saturated heterocycles. The maximum absolute atomic E-state index is 13.7. The van der Waals surface area contributed by atoms with Crippen LogP contribution in [0.4, 0.5) is 31.1 Å². The van der Waals surface area contributed by atoms with Gasteiger partial charge in [0.1, 0.15) is 17.0 Å². The molecule has 2 aromatic rings. The molecule has 42 heavy (non-hydrogen) atoms. The third-order valence-corrected chi connectivity index (χ3v) is 7.55. The van der Waals surface area contributed by atoms with Gasteiger partial charge in [-0.2, -0.15) is 26.3 Å². The van der Waals surface area contributed by atoms with Gasteiger partial charge in [-0.1, -0.05) is 31.5 Å². The minimum atomic E-state index is -5.70. The molecular weight excluding hydrogens is 570 g/mol. The average Bonchev–Trinajstić information content (AvgIpc) is 3.42. The minimum Gasteiger partial charge on any atom is -0.494 e. The number of urea groups is 1. The van der Waals surface area contributed by atoms with Crippen LogP contribution in [0.25, 0.3) is 0 Å². The Bertz CT molecular complexity index is 1300. The summed E-state index contributed by atoms with van der Waals surface area (Å²) >= 11 is 0. The number of ether oxygens (including phenoxy) is 3. The third kappa shape index (κ3) is 5.38. The number of rotatable bonds is 11. The summed E-state index contributed by atoms with van der Waals surface area (Å²) in [5.41, 5.74) is -5.94. The fourth-order valence-electron chi connectivity index (χ4n) is 5.41. The van der Waals surface area contributed by atoms with Crippen molar-refractivity contribution in [3.63, 3.8) is 0 Å². The van der Waals surface area contributed by atoms with Crippen LogP contribution in [-0.2, 0) is 33.7 Å². The number of alkyl halides is 6. The summed E-state index contributed by atoms with van der Waals surface area (Å²) < 4.78 is 98.1. The molecule has 1 fully saturated rings. The Morgan fingerprint density at radius 1 is 0.952 bits per heavy atom. The summed E-state index contributed by atoms with van der Waals surface area (Å²) in [7, 11) is 0. The SMILES string of the molecule is CCCc1c(OCCCCN2C(=O)NC(C)(c3ccc(OCC)cc3)C2=O)ccc2c1COC2(C(F)(F)F)C(F)(F)F. The second-order valence-electron chi connectivity index (χ2n) is 10.3. The van der Waals surface area contributed by atoms with Crippen molar-refractivity contribution in [2.24, 2.45) is 0 Å². The van der Waals surface area contributed by atoms with E-state index in [0.717, 1.165) is 17.0 Å². The molecule has 1 N–H and O–H groups in total. The number of nitrogens with zero attached hydrogens (tertiary/aromatic N) is 1. The van der Waals surface area contributed by atoms with Crippen LogP contribution in [0.1, 0.15) is 62.3 Å². The van der Waals surface area contributed by atoms with E-state index in [1.165, 1.54) is 0 Å². The van der Waals surface area contributed by atoms with Gasteiger partial charge in [-0.3, -0.25) is 9.69 Å². The van der Waals surface area contributed by atoms with Crippen molar-refractivity contribution in [3.05, 3.63) is 58.7 Å². The van der Waals surface area contributed by atoms with Crippen LogP contribution in [-0.4, -0.2) is 48.9 Å². The summed E-state index contributed by atoms with van der Waals surface area (Å²) in [6, 6.07) is 8.20. The van der Waals surface area contributed by atoms with Gasteiger partial charge in [0.2, 0.25) is 0 Å². The van der Waals surface area contributed by atoms with Gasteiger partial charge in [0.15, 0.2) is 0 Å². The number of hydrogen-bond acceptors (Lipinski definition) is 5. The van der Waals surface area contributed by atoms with Crippen molar-refractivity contribution in [1.82, 2.24) is 10.2 Å². The molecule has 0 aromatic heterocycles. The number of amides is 3. The molecule has 1 unspecified atom stereocenters. The van der Waals surface area contributed by atoms with Crippen LogP contribution in [0, 0.1) is 0 Å². The van der Waals surface area contributed by atoms with E-state index in [9.17, 15) is 35.9 Å². The molecule has 13 heteroatoms. The number of nitrogens with one attached hydrogen (secondary N) is 1. The largest absolute Gasteiger partial charge is 0.494 e. The lowest BCUT2D eigenvalue weighted by Gasteiger charge is -2.33. The second kappa shape index (κ2) is 11.7. The topological polar surface area (TPSA) is 77.1 Å². The molecule has 2 heterocycles. The van der Waals surface area contributed by atoms with Crippen LogP contribution in [0.5, 0.6) is 11.5 Å². The molecule has 3 amide bonds. The van der Waals surface area contributed by atoms with Gasteiger partial charge in [-0.15, -0.1) is 0 Å². The zero-order chi connectivity index (χ0) is 30.9. The molecule has 2 aliphatic rings. The Labute approximate surface area is 239 Å². The highest BCUT2D eigenvalue weighted by Gasteiger charge is 2.75. The quantitative estimate of drug-likeness (QED) is 0.180. The van der Waals surface area contributed by atoms with Crippen molar-refractivity contribution in [2.75, 3.05) is 19.8 Å². The predicted molar refractivity (Wildman–Crippen MR) is 139 cm³/mol. The molecule has 1 atom stereocenters. The maximum atomic E-state index is 13.7. The number of unbranched alkanes of at least 4 members (excludes halogenated alkanes) is 1. The van der Waals surface area contributed by atoms with Crippen molar-refractivity contribution in [2.45, 2.75) is 76.6 Å². The summed E-state index contributed by atoms with van der Waals surface area (Å²) in [4.78, 5) is 26.9. The predicted octanol–water partition coefficient (Wildman–Crippen LogP) is 6.51. The van der Waals surface area contributed by atoms with Crippen LogP contribution < -0.4 is 14.8 Å². The first-order valence-electron chi connectivity index (χ1n) is 13.6. The molecule has 0 radical (unpaired) electrons. The molecule has 0 bridgehead atoms. The minimum absolute atomic E-state index is 0.0693. The fourth-order valence-corrected chi connectivity index (χ4v) is 5.41. The number of fused-ring (bicyclic) bond motifs is 1. The van der Waals surface area contributed by atoms with Gasteiger partial charge in [0.05, 0.1) is 19.8 Å². The summed E-state index contributed by atoms with van der Waals surface area (Å²) in [6.07, 6.45) is -10.0. The first kappa shape index (κ1) is 31.5. The van der Waals surface area contributed by atoms with E-state index in [4.69, 9.17) is 9.47 Å². The Morgan fingerprint density at radius 3 is 2.21 bits per heavy atom. The number of imide groups is 1. The van der Waals surface area contributed by atoms with Crippen LogP contribution in [0.2, 0.25) is 0 Å². The van der Waals surface area contributed by atoms with E-state index < -0.39 is 47.6 Å². The summed E-state index contributed by atoms with van der Waals surface area (Å²) in [6.45, 7) is 5.02. The lowest BCUT2D eigenvalue weighted by molar-refractivity contribution is -0.385. The molecule has 4 rings (SSSR count). The first-order chi connectivity index (χ1) is 19.7. The zero-order valence-electron chi connectivity index (χ0n) is 23.4. The first-order valence-corrected chi connectivity index (χ1v) is 13.6. The molecule has 2 aliphatic heterocycles. The molecule has 0 aliphatic carbocycles. The number of carbonyl (C=O) groups is 2. The lowest BCUT2D eigenvalue weighted by Crippen LogP contribution is -2.53. The molecule has 2 aromatic carbocycles. The van der Waals surface area contributed by atoms with Gasteiger partial charge in [-0.05, 0) is 62.4 Å². The number of carbonyl (C=O) groups excluding carboxylic acids is 2. The van der Waals surface area contributed by atoms with Crippen LogP contribution >= 0.6 is 0 Å². The van der Waals surface area contributed by atoms with Gasteiger partial charge in [-0.25, -0.2) is 4.79 Å². The smallest absolute Gasteiger partial charge is 0.430 e. The Morgan fingerprint density at radius 2 is 1.62 bits per heavy atom. The van der Waals surface area contributed by atoms with Crippen molar-refractivity contribution in [3.8, 4) is 11.5 Å². The Hall–Kier alpha value is -3.48. The normalized spacial score (nSPS) is 20.1. The highest BCUT2D eigenvalue weighted by Crippen LogP contribution is 2.58. The number of halogens is 6. The van der Waals surface area contributed by atoms with E-state index in [0.29, 0.717) is 37.2 Å². The zero-order valence-corrected chi connectivity index (χ0v) is 23.4. The highest BCUT2D eigenvalue weighted by molar-refractivity contribution is 6.07. The van der Waals surface area contributed by atoms with E-state index >= 15 is 0 Å². The summed E-state index contributed by atoms with van der Waals surface area (Å²) in [5.74, 6) is 0.396. The summed E-state index contributed by atoms with van der Waals surface area (Å²) in [5, 5.41) is 2.73. The molecule has 230 valence electrons. The van der Waals surface area contributed by atoms with E-state index in [-0.39, 0.29) is 36.4 Å². The van der Waals surface area contributed by atoms with Crippen LogP contribution in [0.15, 0.2) is 36.4 Å². The molecule has 0 saturated carbocycles. The monoisotopic (exact) mass is 602 g/mol. The van der Waals surface area contributed by atoms with Gasteiger partial charge in [0.25, 0.3) is 11.5 Å². The standard InChI is InChI=1S/C29H32F6N2O5/c1-4-8-20-21-17-42-27(28(30,31)32,29(33,34)35)22(21)13-14-23(20)41-16-7-6-15-37-24(38)26(3,36-25(37)39)18-9-11-19(12-10-18)40-5-2/h9-14H,4-8,15-17H2,1-3H3,(H,36,39). The van der Waals surface area contributed by atoms with Crippen molar-refractivity contribution < 1.29 is 50.1 Å². The molecular formula is C29H32F6N2O5. The van der Waals surface area contributed by atoms with Crippen LogP contribution in [0.3, 0.4) is 0 Å². The Balaban J connectivity index is 1.40. The van der Waals surface area contributed by atoms with Crippen molar-refractivity contribution >= 4 is 11.9 Å². The van der Waals surface area contributed by atoms with Gasteiger partial charge < -0.3 is 19.5 Å². The fraction of sp³-hybridized carbons (Fsp3) is 0.517. The lowest BCUT2D eigenvalue weighted by atomic mass is 9.87. The van der Waals surface area contributed by atoms with Gasteiger partial charge >= 0.3 is 18.4 Å². The van der Waals surface area contributed by atoms with E-state index in [1.807, 2.05) is 6.92 Å². The molecule has 7 nitrogen and oxygen atoms in total. The van der Waals surface area contributed by atoms with E-state index in [1.54, 1.807) is 38.1 Å². The van der Waals surface area contributed by atoms with E-state index in [2.05, 4.69) is 10.1 Å². The average molecular weight is 603 g/mol. The van der Waals surface area contributed by atoms with Gasteiger partial charge in [0, 0.05) is 17.7 Å². The highest BCUT2D eigenvalue weighted by atomic mass is 19.4. The second-order valence-corrected chi connectivity index (χ2v) is 10.3. The maximum Gasteiger partial charge on any atom is 0.430 e.